The summed E-state index contributed by atoms with van der Waals surface area (Å²) in [5.41, 5.74) is 0.872. The van der Waals surface area contributed by atoms with Gasteiger partial charge in [0.05, 0.1) is 17.1 Å². The minimum Gasteiger partial charge on any atom is -0.347 e. The van der Waals surface area contributed by atoms with Crippen molar-refractivity contribution in [2.24, 2.45) is 0 Å². The van der Waals surface area contributed by atoms with Gasteiger partial charge in [-0.15, -0.1) is 0 Å². The molecule has 1 amide bonds. The summed E-state index contributed by atoms with van der Waals surface area (Å²) in [4.78, 5) is 15.1. The number of nitrogens with zero attached hydrogens (tertiary/aromatic N) is 1. The molecule has 0 saturated carbocycles. The lowest BCUT2D eigenvalue weighted by molar-refractivity contribution is -0.119. The third-order valence-corrected chi connectivity index (χ3v) is 2.14. The molecule has 70 valence electrons. The lowest BCUT2D eigenvalue weighted by Crippen LogP contribution is -2.27. The number of hydrogen-bond donors (Lipinski definition) is 1. The second kappa shape index (κ2) is 4.97. The van der Waals surface area contributed by atoms with Crippen LogP contribution in [0.1, 0.15) is 18.7 Å². The van der Waals surface area contributed by atoms with Gasteiger partial charge in [-0.2, -0.15) is 0 Å². The fraction of sp³-hybridized carbons (Fsp3) is 0.333. The zero-order valence-electron chi connectivity index (χ0n) is 7.33. The normalized spacial score (nSPS) is 12.2. The van der Waals surface area contributed by atoms with Gasteiger partial charge in [0, 0.05) is 6.20 Å². The molecular weight excluding hydrogens is 232 g/mol. The van der Waals surface area contributed by atoms with E-state index in [2.05, 4.69) is 26.2 Å². The van der Waals surface area contributed by atoms with Crippen LogP contribution in [0, 0.1) is 0 Å². The van der Waals surface area contributed by atoms with Gasteiger partial charge in [0.15, 0.2) is 0 Å². The minimum absolute atomic E-state index is 0.0295. The summed E-state index contributed by atoms with van der Waals surface area (Å²) >= 11 is 3.08. The van der Waals surface area contributed by atoms with Crippen LogP contribution in [-0.4, -0.2) is 16.2 Å². The number of nitrogens with one attached hydrogen (secondary N) is 1. The maximum absolute atomic E-state index is 11.0. The van der Waals surface area contributed by atoms with E-state index in [0.29, 0.717) is 5.33 Å². The van der Waals surface area contributed by atoms with E-state index >= 15 is 0 Å². The summed E-state index contributed by atoms with van der Waals surface area (Å²) in [6.45, 7) is 1.91. The molecule has 0 spiro atoms. The van der Waals surface area contributed by atoms with Gasteiger partial charge in [-0.05, 0) is 19.1 Å². The summed E-state index contributed by atoms with van der Waals surface area (Å²) in [5, 5.41) is 3.12. The van der Waals surface area contributed by atoms with E-state index in [0.717, 1.165) is 5.69 Å². The van der Waals surface area contributed by atoms with Gasteiger partial charge < -0.3 is 5.32 Å². The molecule has 0 bridgehead atoms. The molecule has 4 heteroatoms. The van der Waals surface area contributed by atoms with Crippen molar-refractivity contribution in [3.05, 3.63) is 30.1 Å². The minimum atomic E-state index is -0.0359. The average molecular weight is 243 g/mol. The summed E-state index contributed by atoms with van der Waals surface area (Å²) in [7, 11) is 0. The fourth-order valence-corrected chi connectivity index (χ4v) is 1.15. The second-order valence-corrected chi connectivity index (χ2v) is 3.24. The van der Waals surface area contributed by atoms with E-state index in [4.69, 9.17) is 0 Å². The van der Waals surface area contributed by atoms with Crippen LogP contribution in [0.25, 0.3) is 0 Å². The van der Waals surface area contributed by atoms with Crippen LogP contribution in [-0.2, 0) is 4.79 Å². The van der Waals surface area contributed by atoms with Crippen LogP contribution < -0.4 is 5.32 Å². The largest absolute Gasteiger partial charge is 0.347 e. The second-order valence-electron chi connectivity index (χ2n) is 2.68. The highest BCUT2D eigenvalue weighted by Crippen LogP contribution is 2.07. The lowest BCUT2D eigenvalue weighted by Gasteiger charge is -2.11. The average Bonchev–Trinajstić information content (AvgIpc) is 2.19. The first-order chi connectivity index (χ1) is 6.24. The molecule has 0 saturated heterocycles. The molecule has 1 N–H and O–H groups in total. The van der Waals surface area contributed by atoms with Crippen molar-refractivity contribution < 1.29 is 4.79 Å². The first kappa shape index (κ1) is 10.2. The van der Waals surface area contributed by atoms with Gasteiger partial charge in [0.1, 0.15) is 0 Å². The predicted molar refractivity (Wildman–Crippen MR) is 54.6 cm³/mol. The highest BCUT2D eigenvalue weighted by molar-refractivity contribution is 9.09. The first-order valence-corrected chi connectivity index (χ1v) is 5.12. The Morgan fingerprint density at radius 1 is 1.69 bits per heavy atom. The number of hydrogen-bond acceptors (Lipinski definition) is 2. The first-order valence-electron chi connectivity index (χ1n) is 4.00. The molecular formula is C9H11BrN2O. The van der Waals surface area contributed by atoms with Crippen LogP contribution in [0.2, 0.25) is 0 Å². The Hall–Kier alpha value is -0.900. The van der Waals surface area contributed by atoms with E-state index in [1.807, 2.05) is 25.1 Å². The standard InChI is InChI=1S/C9H11BrN2O/c1-7(12-9(13)6-10)8-4-2-3-5-11-8/h2-5,7H,6H2,1H3,(H,12,13)/t7-/m0/s1. The number of aromatic nitrogens is 1. The van der Waals surface area contributed by atoms with Crippen molar-refractivity contribution in [3.63, 3.8) is 0 Å². The van der Waals surface area contributed by atoms with Crippen molar-refractivity contribution in [1.29, 1.82) is 0 Å². The zero-order valence-corrected chi connectivity index (χ0v) is 8.91. The molecule has 0 fully saturated rings. The van der Waals surface area contributed by atoms with Crippen LogP contribution in [0.5, 0.6) is 0 Å². The smallest absolute Gasteiger partial charge is 0.231 e. The number of alkyl halides is 1. The molecule has 0 aliphatic heterocycles. The molecule has 0 unspecified atom stereocenters. The molecule has 3 nitrogen and oxygen atoms in total. The highest BCUT2D eigenvalue weighted by Gasteiger charge is 2.08. The third-order valence-electron chi connectivity index (χ3n) is 1.63. The number of rotatable bonds is 3. The number of halogens is 1. The Bertz CT molecular complexity index is 276. The van der Waals surface area contributed by atoms with Gasteiger partial charge in [-0.25, -0.2) is 0 Å². The molecule has 1 heterocycles. The highest BCUT2D eigenvalue weighted by atomic mass is 79.9. The maximum atomic E-state index is 11.0. The molecule has 0 aromatic carbocycles. The number of pyridine rings is 1. The Morgan fingerprint density at radius 3 is 3.00 bits per heavy atom. The molecule has 1 aromatic rings. The van der Waals surface area contributed by atoms with Crippen molar-refractivity contribution in [2.75, 3.05) is 5.33 Å². The lowest BCUT2D eigenvalue weighted by atomic mass is 10.2. The van der Waals surface area contributed by atoms with E-state index in [1.54, 1.807) is 6.20 Å². The summed E-state index contributed by atoms with van der Waals surface area (Å²) < 4.78 is 0. The van der Waals surface area contributed by atoms with Crippen LogP contribution >= 0.6 is 15.9 Å². The predicted octanol–water partition coefficient (Wildman–Crippen LogP) is 1.65. The van der Waals surface area contributed by atoms with Crippen molar-refractivity contribution in [3.8, 4) is 0 Å². The van der Waals surface area contributed by atoms with Gasteiger partial charge >= 0.3 is 0 Å². The van der Waals surface area contributed by atoms with Crippen molar-refractivity contribution in [2.45, 2.75) is 13.0 Å². The van der Waals surface area contributed by atoms with Crippen LogP contribution in [0.4, 0.5) is 0 Å². The molecule has 1 aromatic heterocycles. The van der Waals surface area contributed by atoms with Gasteiger partial charge in [0.25, 0.3) is 0 Å². The summed E-state index contributed by atoms with van der Waals surface area (Å²) in [6.07, 6.45) is 1.71. The molecule has 0 aliphatic carbocycles. The zero-order chi connectivity index (χ0) is 9.68. The number of carbonyl (C=O) groups excluding carboxylic acids is 1. The third kappa shape index (κ3) is 3.14. The molecule has 1 atom stereocenters. The molecule has 0 aliphatic rings. The number of amides is 1. The Balaban J connectivity index is 2.59. The Labute approximate surface area is 85.7 Å². The van der Waals surface area contributed by atoms with E-state index in [9.17, 15) is 4.79 Å². The van der Waals surface area contributed by atoms with Gasteiger partial charge in [0.2, 0.25) is 5.91 Å². The van der Waals surface area contributed by atoms with Crippen LogP contribution in [0.3, 0.4) is 0 Å². The van der Waals surface area contributed by atoms with Crippen LogP contribution in [0.15, 0.2) is 24.4 Å². The Morgan fingerprint density at radius 2 is 2.46 bits per heavy atom. The Kier molecular flexibility index (Phi) is 3.89. The van der Waals surface area contributed by atoms with Crippen molar-refractivity contribution in [1.82, 2.24) is 10.3 Å². The quantitative estimate of drug-likeness (QED) is 0.820. The van der Waals surface area contributed by atoms with Crippen molar-refractivity contribution >= 4 is 21.8 Å². The molecule has 1 rings (SSSR count). The number of carbonyl (C=O) groups is 1. The fourth-order valence-electron chi connectivity index (χ4n) is 0.986. The SMILES string of the molecule is C[C@H](NC(=O)CBr)c1ccccn1. The molecule has 13 heavy (non-hydrogen) atoms. The molecule has 0 radical (unpaired) electrons. The van der Waals surface area contributed by atoms with E-state index in [1.165, 1.54) is 0 Å². The summed E-state index contributed by atoms with van der Waals surface area (Å²) in [5.74, 6) is -0.0295. The van der Waals surface area contributed by atoms with E-state index < -0.39 is 0 Å². The monoisotopic (exact) mass is 242 g/mol. The van der Waals surface area contributed by atoms with E-state index in [-0.39, 0.29) is 11.9 Å². The maximum Gasteiger partial charge on any atom is 0.231 e. The van der Waals surface area contributed by atoms with Gasteiger partial charge in [-0.1, -0.05) is 22.0 Å². The topological polar surface area (TPSA) is 42.0 Å². The summed E-state index contributed by atoms with van der Waals surface area (Å²) in [6, 6.07) is 5.60. The van der Waals surface area contributed by atoms with Gasteiger partial charge in [-0.3, -0.25) is 9.78 Å².